The molecule has 98 valence electrons. The van der Waals surface area contributed by atoms with Gasteiger partial charge >= 0.3 is 0 Å². The lowest BCUT2D eigenvalue weighted by Crippen LogP contribution is -2.14. The molecule has 0 saturated carbocycles. The van der Waals surface area contributed by atoms with Crippen molar-refractivity contribution in [2.75, 3.05) is 0 Å². The van der Waals surface area contributed by atoms with Gasteiger partial charge in [0, 0.05) is 16.0 Å². The Kier molecular flexibility index (Phi) is 3.96. The van der Waals surface area contributed by atoms with E-state index in [1.54, 1.807) is 12.1 Å². The summed E-state index contributed by atoms with van der Waals surface area (Å²) in [6.07, 6.45) is 1.50. The number of benzene rings is 1. The first-order valence-electron chi connectivity index (χ1n) is 5.17. The molecule has 0 amide bonds. The number of nitrogens with zero attached hydrogens (tertiary/aromatic N) is 2. The smallest absolute Gasteiger partial charge is 0.188 e. The largest absolute Gasteiger partial charge is 0.409 e. The van der Waals surface area contributed by atoms with Gasteiger partial charge in [0.25, 0.3) is 0 Å². The van der Waals surface area contributed by atoms with Crippen LogP contribution in [-0.4, -0.2) is 16.0 Å². The van der Waals surface area contributed by atoms with Crippen LogP contribution in [0.2, 0.25) is 0 Å². The summed E-state index contributed by atoms with van der Waals surface area (Å²) in [6.45, 7) is 0. The van der Waals surface area contributed by atoms with Gasteiger partial charge in [-0.25, -0.2) is 8.78 Å². The number of hydrogen-bond acceptors (Lipinski definition) is 4. The lowest BCUT2D eigenvalue weighted by atomic mass is 10.3. The average molecular weight is 281 g/mol. The van der Waals surface area contributed by atoms with Crippen LogP contribution >= 0.6 is 11.8 Å². The van der Waals surface area contributed by atoms with E-state index in [0.717, 1.165) is 17.0 Å². The van der Waals surface area contributed by atoms with Gasteiger partial charge in [0.1, 0.15) is 5.69 Å². The topological polar surface area (TPSA) is 71.5 Å². The van der Waals surface area contributed by atoms with Crippen molar-refractivity contribution in [3.63, 3.8) is 0 Å². The molecule has 0 fully saturated rings. The fourth-order valence-corrected chi connectivity index (χ4v) is 2.13. The Morgan fingerprint density at radius 2 is 1.89 bits per heavy atom. The van der Waals surface area contributed by atoms with Crippen LogP contribution in [0.15, 0.2) is 51.5 Å². The molecule has 1 aromatic heterocycles. The molecule has 3 N–H and O–H groups in total. The van der Waals surface area contributed by atoms with E-state index in [4.69, 9.17) is 10.9 Å². The minimum Gasteiger partial charge on any atom is -0.409 e. The van der Waals surface area contributed by atoms with Gasteiger partial charge in [-0.1, -0.05) is 16.9 Å². The number of amidine groups is 1. The Hall–Kier alpha value is -2.15. The maximum Gasteiger partial charge on any atom is 0.188 e. The van der Waals surface area contributed by atoms with Gasteiger partial charge in [0.15, 0.2) is 17.5 Å². The monoisotopic (exact) mass is 281 g/mol. The van der Waals surface area contributed by atoms with E-state index in [9.17, 15) is 8.78 Å². The molecule has 0 aliphatic carbocycles. The molecule has 0 radical (unpaired) electrons. The summed E-state index contributed by atoms with van der Waals surface area (Å²) in [7, 11) is 0. The highest BCUT2D eigenvalue weighted by atomic mass is 32.2. The predicted octanol–water partition coefficient (Wildman–Crippen LogP) is 2.61. The fourth-order valence-electron chi connectivity index (χ4n) is 1.32. The molecule has 0 aliphatic rings. The number of rotatable bonds is 3. The van der Waals surface area contributed by atoms with Crippen LogP contribution in [0.25, 0.3) is 0 Å². The summed E-state index contributed by atoms with van der Waals surface area (Å²) < 4.78 is 25.8. The van der Waals surface area contributed by atoms with Crippen LogP contribution in [0.3, 0.4) is 0 Å². The molecule has 0 bridgehead atoms. The fraction of sp³-hybridized carbons (Fsp3) is 0. The van der Waals surface area contributed by atoms with Gasteiger partial charge in [0.05, 0.1) is 0 Å². The number of halogens is 2. The van der Waals surface area contributed by atoms with E-state index in [1.807, 2.05) is 0 Å². The van der Waals surface area contributed by atoms with Gasteiger partial charge in [-0.2, -0.15) is 0 Å². The van der Waals surface area contributed by atoms with Crippen molar-refractivity contribution in [1.82, 2.24) is 4.98 Å². The van der Waals surface area contributed by atoms with Crippen LogP contribution in [0.4, 0.5) is 8.78 Å². The van der Waals surface area contributed by atoms with Crippen LogP contribution in [-0.2, 0) is 0 Å². The van der Waals surface area contributed by atoms with Gasteiger partial charge < -0.3 is 10.9 Å². The normalized spacial score (nSPS) is 11.6. The standard InChI is InChI=1S/C12H9F2N3OS/c13-9-3-1-7(5-10(9)14)19-8-2-4-11(16-6-8)12(15)17-18/h1-6,18H,(H2,15,17). The number of nitrogens with two attached hydrogens (primary N) is 1. The van der Waals surface area contributed by atoms with Gasteiger partial charge in [-0.3, -0.25) is 4.98 Å². The van der Waals surface area contributed by atoms with Crippen molar-refractivity contribution >= 4 is 17.6 Å². The second kappa shape index (κ2) is 5.66. The van der Waals surface area contributed by atoms with E-state index in [0.29, 0.717) is 10.6 Å². The second-order valence-corrected chi connectivity index (χ2v) is 4.69. The first-order valence-corrected chi connectivity index (χ1v) is 5.98. The summed E-state index contributed by atoms with van der Waals surface area (Å²) in [5.74, 6) is -1.87. The number of hydrogen-bond donors (Lipinski definition) is 2. The van der Waals surface area contributed by atoms with Gasteiger partial charge in [0.2, 0.25) is 0 Å². The lowest BCUT2D eigenvalue weighted by molar-refractivity contribution is 0.318. The predicted molar refractivity (Wildman–Crippen MR) is 67.2 cm³/mol. The Bertz CT molecular complexity index is 617. The Morgan fingerprint density at radius 3 is 2.47 bits per heavy atom. The van der Waals surface area contributed by atoms with E-state index in [1.165, 1.54) is 24.0 Å². The van der Waals surface area contributed by atoms with E-state index >= 15 is 0 Å². The molecular weight excluding hydrogens is 272 g/mol. The third-order valence-electron chi connectivity index (χ3n) is 2.23. The van der Waals surface area contributed by atoms with E-state index in [2.05, 4.69) is 10.1 Å². The molecule has 0 saturated heterocycles. The highest BCUT2D eigenvalue weighted by Crippen LogP contribution is 2.28. The van der Waals surface area contributed by atoms with Crippen LogP contribution in [0.5, 0.6) is 0 Å². The third-order valence-corrected chi connectivity index (χ3v) is 3.20. The summed E-state index contributed by atoms with van der Waals surface area (Å²) >= 11 is 1.23. The maximum atomic E-state index is 13.0. The quantitative estimate of drug-likeness (QED) is 0.392. The molecule has 4 nitrogen and oxygen atoms in total. The minimum atomic E-state index is -0.897. The molecule has 7 heteroatoms. The first-order chi connectivity index (χ1) is 9.10. The average Bonchev–Trinajstić information content (AvgIpc) is 2.43. The number of aromatic nitrogens is 1. The molecule has 1 heterocycles. The maximum absolute atomic E-state index is 13.0. The molecule has 0 atom stereocenters. The van der Waals surface area contributed by atoms with E-state index < -0.39 is 11.6 Å². The highest BCUT2D eigenvalue weighted by Gasteiger charge is 2.05. The van der Waals surface area contributed by atoms with Crippen LogP contribution in [0.1, 0.15) is 5.69 Å². The van der Waals surface area contributed by atoms with Crippen molar-refractivity contribution in [2.24, 2.45) is 10.9 Å². The third kappa shape index (κ3) is 3.19. The summed E-state index contributed by atoms with van der Waals surface area (Å²) in [5.41, 5.74) is 5.70. The molecule has 0 aliphatic heterocycles. The first kappa shape index (κ1) is 13.3. The van der Waals surface area contributed by atoms with E-state index in [-0.39, 0.29) is 5.84 Å². The zero-order valence-corrected chi connectivity index (χ0v) is 10.4. The summed E-state index contributed by atoms with van der Waals surface area (Å²) in [4.78, 5) is 5.26. The number of pyridine rings is 1. The molecule has 2 rings (SSSR count). The van der Waals surface area contributed by atoms with Crippen molar-refractivity contribution in [3.05, 3.63) is 53.9 Å². The SMILES string of the molecule is N/C(=N/O)c1ccc(Sc2ccc(F)c(F)c2)cn1. The molecule has 2 aromatic rings. The van der Waals surface area contributed by atoms with Crippen molar-refractivity contribution in [2.45, 2.75) is 9.79 Å². The number of oxime groups is 1. The van der Waals surface area contributed by atoms with Crippen molar-refractivity contribution in [3.8, 4) is 0 Å². The van der Waals surface area contributed by atoms with Crippen LogP contribution in [0, 0.1) is 11.6 Å². The minimum absolute atomic E-state index is 0.0932. The van der Waals surface area contributed by atoms with Crippen molar-refractivity contribution in [1.29, 1.82) is 0 Å². The van der Waals surface area contributed by atoms with Gasteiger partial charge in [-0.15, -0.1) is 0 Å². The van der Waals surface area contributed by atoms with Crippen molar-refractivity contribution < 1.29 is 14.0 Å². The summed E-state index contributed by atoms with van der Waals surface area (Å²) in [6, 6.07) is 6.90. The molecule has 0 unspecified atom stereocenters. The lowest BCUT2D eigenvalue weighted by Gasteiger charge is -2.03. The molecular formula is C12H9F2N3OS. The second-order valence-electron chi connectivity index (χ2n) is 3.54. The summed E-state index contributed by atoms with van der Waals surface area (Å²) in [5, 5.41) is 11.3. The molecule has 1 aromatic carbocycles. The zero-order valence-electron chi connectivity index (χ0n) is 9.55. The van der Waals surface area contributed by atoms with Crippen LogP contribution < -0.4 is 5.73 Å². The Morgan fingerprint density at radius 1 is 1.16 bits per heavy atom. The Labute approximate surface area is 112 Å². The zero-order chi connectivity index (χ0) is 13.8. The molecule has 19 heavy (non-hydrogen) atoms. The highest BCUT2D eigenvalue weighted by molar-refractivity contribution is 7.99. The van der Waals surface area contributed by atoms with Gasteiger partial charge in [-0.05, 0) is 30.3 Å². The molecule has 0 spiro atoms. The Balaban J connectivity index is 2.17.